The number of rotatable bonds is 4. The van der Waals surface area contributed by atoms with Crippen molar-refractivity contribution in [2.45, 2.75) is 70.0 Å². The molecular formula is C21H33N3O4S. The van der Waals surface area contributed by atoms with Gasteiger partial charge in [-0.2, -0.15) is 4.31 Å². The molecule has 8 heteroatoms. The summed E-state index contributed by atoms with van der Waals surface area (Å²) in [5, 5.41) is 2.93. The Bertz CT molecular complexity index is 825. The van der Waals surface area contributed by atoms with E-state index in [1.54, 1.807) is 33.5 Å². The SMILES string of the molecule is CC(C)CCN1[C@@H]2CCN(C(=O)NC(C)C)CC[C@H]2Oc2ccccc2S1(=O)=O. The predicted molar refractivity (Wildman–Crippen MR) is 112 cm³/mol. The number of para-hydroxylation sites is 1. The summed E-state index contributed by atoms with van der Waals surface area (Å²) in [5.74, 6) is 0.803. The van der Waals surface area contributed by atoms with E-state index in [0.29, 0.717) is 44.1 Å². The van der Waals surface area contributed by atoms with Crippen LogP contribution in [0.1, 0.15) is 47.0 Å². The second-order valence-corrected chi connectivity index (χ2v) is 10.5. The minimum Gasteiger partial charge on any atom is -0.487 e. The molecule has 1 N–H and O–H groups in total. The first kappa shape index (κ1) is 21.9. The maximum absolute atomic E-state index is 13.5. The number of urea groups is 1. The van der Waals surface area contributed by atoms with Gasteiger partial charge in [-0.1, -0.05) is 26.0 Å². The maximum Gasteiger partial charge on any atom is 0.317 e. The number of hydrogen-bond donors (Lipinski definition) is 1. The van der Waals surface area contributed by atoms with E-state index in [4.69, 9.17) is 4.74 Å². The van der Waals surface area contributed by atoms with Gasteiger partial charge in [0.25, 0.3) is 0 Å². The average Bonchev–Trinajstić information content (AvgIpc) is 2.88. The highest BCUT2D eigenvalue weighted by molar-refractivity contribution is 7.89. The molecule has 0 saturated carbocycles. The third kappa shape index (κ3) is 4.86. The van der Waals surface area contributed by atoms with E-state index in [1.165, 1.54) is 0 Å². The van der Waals surface area contributed by atoms with Gasteiger partial charge in [0, 0.05) is 32.1 Å². The fourth-order valence-corrected chi connectivity index (χ4v) is 5.79. The maximum atomic E-state index is 13.5. The Morgan fingerprint density at radius 2 is 1.86 bits per heavy atom. The van der Waals surface area contributed by atoms with Crippen molar-refractivity contribution in [1.29, 1.82) is 0 Å². The van der Waals surface area contributed by atoms with E-state index in [2.05, 4.69) is 19.2 Å². The topological polar surface area (TPSA) is 79.0 Å². The van der Waals surface area contributed by atoms with Crippen LogP contribution in [-0.4, -0.2) is 61.5 Å². The largest absolute Gasteiger partial charge is 0.487 e. The zero-order chi connectivity index (χ0) is 21.2. The molecule has 2 atom stereocenters. The molecule has 162 valence electrons. The second kappa shape index (κ2) is 8.92. The lowest BCUT2D eigenvalue weighted by molar-refractivity contribution is 0.111. The van der Waals surface area contributed by atoms with E-state index in [1.807, 2.05) is 13.8 Å². The van der Waals surface area contributed by atoms with E-state index >= 15 is 0 Å². The number of nitrogens with one attached hydrogen (secondary N) is 1. The van der Waals surface area contributed by atoms with Crippen molar-refractivity contribution in [2.24, 2.45) is 5.92 Å². The number of carbonyl (C=O) groups excluding carboxylic acids is 1. The van der Waals surface area contributed by atoms with Gasteiger partial charge < -0.3 is 15.0 Å². The summed E-state index contributed by atoms with van der Waals surface area (Å²) in [7, 11) is -3.67. The molecule has 7 nitrogen and oxygen atoms in total. The summed E-state index contributed by atoms with van der Waals surface area (Å²) < 4.78 is 34.9. The van der Waals surface area contributed by atoms with Gasteiger partial charge in [-0.25, -0.2) is 13.2 Å². The molecule has 0 bridgehead atoms. The van der Waals surface area contributed by atoms with Gasteiger partial charge in [0.05, 0.1) is 6.04 Å². The van der Waals surface area contributed by atoms with Crippen molar-refractivity contribution in [3.8, 4) is 5.75 Å². The lowest BCUT2D eigenvalue weighted by atomic mass is 10.0. The highest BCUT2D eigenvalue weighted by Crippen LogP contribution is 2.36. The standard InChI is InChI=1S/C21H33N3O4S/c1-15(2)9-14-24-17-10-12-23(21(25)22-16(3)4)13-11-18(17)28-19-7-5-6-8-20(19)29(24,26)27/h5-8,15-18H,9-14H2,1-4H3,(H,22,25)/t17-,18-/m1/s1. The summed E-state index contributed by atoms with van der Waals surface area (Å²) in [6.45, 7) is 9.55. The van der Waals surface area contributed by atoms with Crippen LogP contribution in [0, 0.1) is 5.92 Å². The zero-order valence-electron chi connectivity index (χ0n) is 17.8. The Hall–Kier alpha value is -1.80. The minimum atomic E-state index is -3.67. The number of likely N-dealkylation sites (tertiary alicyclic amines) is 1. The molecule has 3 rings (SSSR count). The summed E-state index contributed by atoms with van der Waals surface area (Å²) >= 11 is 0. The number of amides is 2. The van der Waals surface area contributed by atoms with Crippen molar-refractivity contribution >= 4 is 16.1 Å². The molecule has 2 aliphatic rings. The van der Waals surface area contributed by atoms with Crippen LogP contribution in [0.25, 0.3) is 0 Å². The number of ether oxygens (including phenoxy) is 1. The normalized spacial score (nSPS) is 24.3. The third-order valence-corrected chi connectivity index (χ3v) is 7.48. The average molecular weight is 424 g/mol. The fourth-order valence-electron chi connectivity index (χ4n) is 3.97. The predicted octanol–water partition coefficient (Wildman–Crippen LogP) is 3.07. The number of benzene rings is 1. The van der Waals surface area contributed by atoms with Crippen LogP contribution < -0.4 is 10.1 Å². The summed E-state index contributed by atoms with van der Waals surface area (Å²) in [5.41, 5.74) is 0. The number of hydrogen-bond acceptors (Lipinski definition) is 4. The Morgan fingerprint density at radius 3 is 2.55 bits per heavy atom. The molecule has 2 aliphatic heterocycles. The van der Waals surface area contributed by atoms with Gasteiger partial charge in [0.2, 0.25) is 10.0 Å². The first-order chi connectivity index (χ1) is 13.7. The van der Waals surface area contributed by atoms with Crippen molar-refractivity contribution in [3.05, 3.63) is 24.3 Å². The first-order valence-electron chi connectivity index (χ1n) is 10.5. The summed E-state index contributed by atoms with van der Waals surface area (Å²) in [6.07, 6.45) is 1.65. The van der Waals surface area contributed by atoms with Crippen LogP contribution in [0.5, 0.6) is 5.75 Å². The number of fused-ring (bicyclic) bond motifs is 2. The molecule has 0 unspecified atom stereocenters. The first-order valence-corrected chi connectivity index (χ1v) is 12.0. The molecule has 1 saturated heterocycles. The quantitative estimate of drug-likeness (QED) is 0.807. The monoisotopic (exact) mass is 423 g/mol. The molecule has 0 spiro atoms. The van der Waals surface area contributed by atoms with Gasteiger partial charge >= 0.3 is 6.03 Å². The van der Waals surface area contributed by atoms with Gasteiger partial charge in [0.1, 0.15) is 16.7 Å². The Kier molecular flexibility index (Phi) is 6.73. The molecule has 0 aromatic heterocycles. The summed E-state index contributed by atoms with van der Waals surface area (Å²) in [4.78, 5) is 14.5. The highest BCUT2D eigenvalue weighted by atomic mass is 32.2. The molecule has 1 aromatic carbocycles. The van der Waals surface area contributed by atoms with Crippen LogP contribution in [-0.2, 0) is 10.0 Å². The van der Waals surface area contributed by atoms with Crippen molar-refractivity contribution in [3.63, 3.8) is 0 Å². The Labute approximate surface area is 174 Å². The molecule has 2 heterocycles. The number of carbonyl (C=O) groups is 1. The van der Waals surface area contributed by atoms with Crippen LogP contribution in [0.4, 0.5) is 4.79 Å². The van der Waals surface area contributed by atoms with Crippen molar-refractivity contribution in [2.75, 3.05) is 19.6 Å². The van der Waals surface area contributed by atoms with Crippen molar-refractivity contribution in [1.82, 2.24) is 14.5 Å². The number of nitrogens with zero attached hydrogens (tertiary/aromatic N) is 2. The van der Waals surface area contributed by atoms with Gasteiger partial charge in [-0.05, 0) is 44.7 Å². The van der Waals surface area contributed by atoms with Gasteiger partial charge in [-0.3, -0.25) is 0 Å². The molecule has 29 heavy (non-hydrogen) atoms. The summed E-state index contributed by atoms with van der Waals surface area (Å²) in [6, 6.07) is 6.55. The molecule has 0 aliphatic carbocycles. The minimum absolute atomic E-state index is 0.0577. The molecule has 0 radical (unpaired) electrons. The second-order valence-electron chi connectivity index (χ2n) is 8.64. The van der Waals surface area contributed by atoms with E-state index in [-0.39, 0.29) is 29.1 Å². The lowest BCUT2D eigenvalue weighted by Crippen LogP contribution is -2.47. The Morgan fingerprint density at radius 1 is 1.17 bits per heavy atom. The van der Waals surface area contributed by atoms with Crippen molar-refractivity contribution < 1.29 is 17.9 Å². The van der Waals surface area contributed by atoms with E-state index < -0.39 is 10.0 Å². The highest BCUT2D eigenvalue weighted by Gasteiger charge is 2.43. The number of sulfonamides is 1. The van der Waals surface area contributed by atoms with E-state index in [9.17, 15) is 13.2 Å². The molecule has 1 aromatic rings. The molecule has 1 fully saturated rings. The van der Waals surface area contributed by atoms with Gasteiger partial charge in [-0.15, -0.1) is 0 Å². The van der Waals surface area contributed by atoms with E-state index in [0.717, 1.165) is 6.42 Å². The van der Waals surface area contributed by atoms with Crippen LogP contribution in [0.3, 0.4) is 0 Å². The third-order valence-electron chi connectivity index (χ3n) is 5.52. The lowest BCUT2D eigenvalue weighted by Gasteiger charge is -2.32. The van der Waals surface area contributed by atoms with Crippen LogP contribution >= 0.6 is 0 Å². The molecular weight excluding hydrogens is 390 g/mol. The zero-order valence-corrected chi connectivity index (χ0v) is 18.6. The molecule has 2 amide bonds. The van der Waals surface area contributed by atoms with Crippen LogP contribution in [0.2, 0.25) is 0 Å². The fraction of sp³-hybridized carbons (Fsp3) is 0.667. The Balaban J connectivity index is 1.92. The van der Waals surface area contributed by atoms with Crippen LogP contribution in [0.15, 0.2) is 29.2 Å². The smallest absolute Gasteiger partial charge is 0.317 e. The van der Waals surface area contributed by atoms with Gasteiger partial charge in [0.15, 0.2) is 0 Å².